The van der Waals surface area contributed by atoms with Gasteiger partial charge < -0.3 is 14.8 Å². The number of ether oxygens (including phenoxy) is 2. The number of halogens is 1. The summed E-state index contributed by atoms with van der Waals surface area (Å²) in [5.74, 6) is -0.0400. The molecule has 0 aliphatic carbocycles. The molecule has 2 rings (SSSR count). The number of nitrogens with one attached hydrogen (secondary N) is 1. The van der Waals surface area contributed by atoms with Crippen molar-refractivity contribution in [3.05, 3.63) is 64.7 Å². The van der Waals surface area contributed by atoms with Gasteiger partial charge in [0.15, 0.2) is 0 Å². The fourth-order valence-electron chi connectivity index (χ4n) is 2.18. The van der Waals surface area contributed by atoms with Gasteiger partial charge in [-0.1, -0.05) is 23.7 Å². The summed E-state index contributed by atoms with van der Waals surface area (Å²) >= 11 is 5.89. The lowest BCUT2D eigenvalue weighted by Crippen LogP contribution is -2.30. The zero-order valence-corrected chi connectivity index (χ0v) is 14.2. The van der Waals surface area contributed by atoms with E-state index in [1.807, 2.05) is 0 Å². The Morgan fingerprint density at radius 2 is 1.67 bits per heavy atom. The zero-order valence-electron chi connectivity index (χ0n) is 13.4. The van der Waals surface area contributed by atoms with Crippen molar-refractivity contribution < 1.29 is 19.1 Å². The van der Waals surface area contributed by atoms with Crippen molar-refractivity contribution in [1.29, 1.82) is 0 Å². The normalized spacial score (nSPS) is 11.5. The zero-order chi connectivity index (χ0) is 17.5. The van der Waals surface area contributed by atoms with Crippen LogP contribution in [0.1, 0.15) is 28.4 Å². The number of rotatable bonds is 6. The maximum absolute atomic E-state index is 12.4. The Morgan fingerprint density at radius 3 is 2.21 bits per heavy atom. The molecule has 0 saturated carbocycles. The highest BCUT2D eigenvalue weighted by Gasteiger charge is 2.19. The van der Waals surface area contributed by atoms with E-state index in [9.17, 15) is 9.59 Å². The fraction of sp³-hybridized carbons (Fsp3) is 0.222. The lowest BCUT2D eigenvalue weighted by molar-refractivity contribution is -0.141. The van der Waals surface area contributed by atoms with Gasteiger partial charge in [0, 0.05) is 10.6 Å². The van der Waals surface area contributed by atoms with Gasteiger partial charge in [-0.2, -0.15) is 0 Å². The molecule has 2 aromatic carbocycles. The lowest BCUT2D eigenvalue weighted by Gasteiger charge is -2.18. The Bertz CT molecular complexity index is 698. The standard InChI is InChI=1S/C18H18ClNO4/c1-23-15-9-5-13(6-10-15)18(22)20-16(11-17(21)24-2)12-3-7-14(19)8-4-12/h3-10,16H,11H2,1-2H3,(H,20,22). The first-order valence-corrected chi connectivity index (χ1v) is 7.68. The van der Waals surface area contributed by atoms with E-state index >= 15 is 0 Å². The number of benzene rings is 2. The summed E-state index contributed by atoms with van der Waals surface area (Å²) in [6, 6.07) is 13.2. The monoisotopic (exact) mass is 347 g/mol. The highest BCUT2D eigenvalue weighted by atomic mass is 35.5. The predicted molar refractivity (Wildman–Crippen MR) is 91.3 cm³/mol. The fourth-order valence-corrected chi connectivity index (χ4v) is 2.31. The molecule has 2 aromatic rings. The first-order chi connectivity index (χ1) is 11.5. The molecule has 6 heteroatoms. The summed E-state index contributed by atoms with van der Waals surface area (Å²) in [4.78, 5) is 24.1. The molecule has 1 N–H and O–H groups in total. The van der Waals surface area contributed by atoms with E-state index in [2.05, 4.69) is 5.32 Å². The largest absolute Gasteiger partial charge is 0.497 e. The Hall–Kier alpha value is -2.53. The Morgan fingerprint density at radius 1 is 1.04 bits per heavy atom. The molecule has 5 nitrogen and oxygen atoms in total. The minimum absolute atomic E-state index is 0.0278. The molecular weight excluding hydrogens is 330 g/mol. The Balaban J connectivity index is 2.18. The lowest BCUT2D eigenvalue weighted by atomic mass is 10.0. The van der Waals surface area contributed by atoms with Gasteiger partial charge >= 0.3 is 5.97 Å². The molecule has 1 unspecified atom stereocenters. The van der Waals surface area contributed by atoms with E-state index in [0.717, 1.165) is 5.56 Å². The summed E-state index contributed by atoms with van der Waals surface area (Å²) < 4.78 is 9.78. The van der Waals surface area contributed by atoms with Crippen LogP contribution in [0.15, 0.2) is 48.5 Å². The maximum Gasteiger partial charge on any atom is 0.307 e. The molecule has 0 fully saturated rings. The number of methoxy groups -OCH3 is 2. The van der Waals surface area contributed by atoms with E-state index in [4.69, 9.17) is 21.1 Å². The number of hydrogen-bond donors (Lipinski definition) is 1. The third kappa shape index (κ3) is 4.73. The van der Waals surface area contributed by atoms with Crippen molar-refractivity contribution in [1.82, 2.24) is 5.32 Å². The molecule has 0 aromatic heterocycles. The Kier molecular flexibility index (Phi) is 6.21. The predicted octanol–water partition coefficient (Wildman–Crippen LogP) is 3.38. The second kappa shape index (κ2) is 8.36. The van der Waals surface area contributed by atoms with Crippen molar-refractivity contribution in [3.8, 4) is 5.75 Å². The van der Waals surface area contributed by atoms with Crippen molar-refractivity contribution in [2.75, 3.05) is 14.2 Å². The van der Waals surface area contributed by atoms with Gasteiger partial charge in [-0.05, 0) is 42.0 Å². The van der Waals surface area contributed by atoms with Crippen molar-refractivity contribution in [3.63, 3.8) is 0 Å². The highest BCUT2D eigenvalue weighted by molar-refractivity contribution is 6.30. The smallest absolute Gasteiger partial charge is 0.307 e. The van der Waals surface area contributed by atoms with Crippen LogP contribution in [0, 0.1) is 0 Å². The van der Waals surface area contributed by atoms with Crippen LogP contribution < -0.4 is 10.1 Å². The molecule has 126 valence electrons. The van der Waals surface area contributed by atoms with Crippen LogP contribution >= 0.6 is 11.6 Å². The minimum Gasteiger partial charge on any atom is -0.497 e. The van der Waals surface area contributed by atoms with Crippen molar-refractivity contribution in [2.45, 2.75) is 12.5 Å². The van der Waals surface area contributed by atoms with Crippen LogP contribution in [0.3, 0.4) is 0 Å². The van der Waals surface area contributed by atoms with Gasteiger partial charge in [-0.25, -0.2) is 0 Å². The van der Waals surface area contributed by atoms with Crippen LogP contribution in [-0.4, -0.2) is 26.1 Å². The van der Waals surface area contributed by atoms with Crippen LogP contribution in [0.25, 0.3) is 0 Å². The molecule has 0 bridgehead atoms. The van der Waals surface area contributed by atoms with E-state index in [0.29, 0.717) is 16.3 Å². The molecule has 1 atom stereocenters. The quantitative estimate of drug-likeness (QED) is 0.813. The third-order valence-corrected chi connectivity index (χ3v) is 3.78. The van der Waals surface area contributed by atoms with Gasteiger partial charge in [0.25, 0.3) is 5.91 Å². The second-order valence-corrected chi connectivity index (χ2v) is 5.52. The highest BCUT2D eigenvalue weighted by Crippen LogP contribution is 2.21. The van der Waals surface area contributed by atoms with Crippen molar-refractivity contribution >= 4 is 23.5 Å². The topological polar surface area (TPSA) is 64.6 Å². The summed E-state index contributed by atoms with van der Waals surface area (Å²) in [6.07, 6.45) is 0.0278. The van der Waals surface area contributed by atoms with Crippen LogP contribution in [0.2, 0.25) is 5.02 Å². The first-order valence-electron chi connectivity index (χ1n) is 7.30. The van der Waals surface area contributed by atoms with E-state index in [1.165, 1.54) is 7.11 Å². The van der Waals surface area contributed by atoms with E-state index in [-0.39, 0.29) is 12.3 Å². The molecule has 1 amide bonds. The van der Waals surface area contributed by atoms with Crippen LogP contribution in [0.4, 0.5) is 0 Å². The van der Waals surface area contributed by atoms with Gasteiger partial charge in [0.1, 0.15) is 5.75 Å². The van der Waals surface area contributed by atoms with Crippen molar-refractivity contribution in [2.24, 2.45) is 0 Å². The Labute approximate surface area is 145 Å². The van der Waals surface area contributed by atoms with Gasteiger partial charge in [-0.15, -0.1) is 0 Å². The molecule has 0 aliphatic heterocycles. The van der Waals surface area contributed by atoms with Gasteiger partial charge in [0.2, 0.25) is 0 Å². The average molecular weight is 348 g/mol. The SMILES string of the molecule is COC(=O)CC(NC(=O)c1ccc(OC)cc1)c1ccc(Cl)cc1. The molecule has 0 heterocycles. The molecule has 0 saturated heterocycles. The molecular formula is C18H18ClNO4. The molecule has 0 radical (unpaired) electrons. The van der Waals surface area contributed by atoms with Crippen LogP contribution in [0.5, 0.6) is 5.75 Å². The number of carbonyl (C=O) groups excluding carboxylic acids is 2. The van der Waals surface area contributed by atoms with Crippen LogP contribution in [-0.2, 0) is 9.53 Å². The maximum atomic E-state index is 12.4. The van der Waals surface area contributed by atoms with Gasteiger partial charge in [0.05, 0.1) is 26.7 Å². The number of hydrogen-bond acceptors (Lipinski definition) is 4. The van der Waals surface area contributed by atoms with Gasteiger partial charge in [-0.3, -0.25) is 9.59 Å². The second-order valence-electron chi connectivity index (χ2n) is 5.09. The minimum atomic E-state index is -0.510. The van der Waals surface area contributed by atoms with E-state index < -0.39 is 12.0 Å². The number of carbonyl (C=O) groups is 2. The first kappa shape index (κ1) is 17.8. The average Bonchev–Trinajstić information content (AvgIpc) is 2.61. The number of esters is 1. The molecule has 0 aliphatic rings. The summed E-state index contributed by atoms with van der Waals surface area (Å²) in [5, 5.41) is 3.43. The molecule has 0 spiro atoms. The summed E-state index contributed by atoms with van der Waals surface area (Å²) in [7, 11) is 2.87. The molecule has 24 heavy (non-hydrogen) atoms. The van der Waals surface area contributed by atoms with E-state index in [1.54, 1.807) is 55.6 Å². The third-order valence-electron chi connectivity index (χ3n) is 3.53. The number of amides is 1. The summed E-state index contributed by atoms with van der Waals surface area (Å²) in [5.41, 5.74) is 1.24. The summed E-state index contributed by atoms with van der Waals surface area (Å²) in [6.45, 7) is 0.